The highest BCUT2D eigenvalue weighted by Crippen LogP contribution is 2.23. The van der Waals surface area contributed by atoms with Crippen LogP contribution in [0.2, 0.25) is 0 Å². The van der Waals surface area contributed by atoms with Crippen LogP contribution in [0.15, 0.2) is 0 Å². The summed E-state index contributed by atoms with van der Waals surface area (Å²) in [5.74, 6) is 0.230. The molecule has 0 aromatic heterocycles. The van der Waals surface area contributed by atoms with Crippen LogP contribution in [0.4, 0.5) is 0 Å². The van der Waals surface area contributed by atoms with Crippen LogP contribution in [0.25, 0.3) is 0 Å². The zero-order chi connectivity index (χ0) is 10.5. The van der Waals surface area contributed by atoms with Crippen molar-refractivity contribution in [2.24, 2.45) is 5.92 Å². The van der Waals surface area contributed by atoms with Crippen LogP contribution in [-0.2, 0) is 4.74 Å². The second kappa shape index (κ2) is 5.58. The van der Waals surface area contributed by atoms with Gasteiger partial charge in [-0.15, -0.1) is 0 Å². The third kappa shape index (κ3) is 4.60. The molecule has 0 saturated carbocycles. The summed E-state index contributed by atoms with van der Waals surface area (Å²) in [7, 11) is 1.61. The molecule has 2 N–H and O–H groups in total. The Balaban J connectivity index is 4.09. The molecular weight excluding hydrogens is 168 g/mol. The lowest BCUT2D eigenvalue weighted by molar-refractivity contribution is -0.0556. The molecule has 0 saturated heterocycles. The molecule has 80 valence electrons. The summed E-state index contributed by atoms with van der Waals surface area (Å²) in [4.78, 5) is 0. The van der Waals surface area contributed by atoms with Crippen molar-refractivity contribution in [1.82, 2.24) is 0 Å². The summed E-state index contributed by atoms with van der Waals surface area (Å²) < 4.78 is 5.28. The molecule has 0 bridgehead atoms. The molecule has 3 nitrogen and oxygen atoms in total. The molecule has 0 aromatic carbocycles. The molecule has 3 heteroatoms. The zero-order valence-electron chi connectivity index (χ0n) is 9.08. The van der Waals surface area contributed by atoms with E-state index in [1.54, 1.807) is 7.11 Å². The summed E-state index contributed by atoms with van der Waals surface area (Å²) in [6.45, 7) is 5.95. The minimum absolute atomic E-state index is 0.0924. The van der Waals surface area contributed by atoms with E-state index in [0.29, 0.717) is 12.8 Å². The first kappa shape index (κ1) is 12.9. The lowest BCUT2D eigenvalue weighted by Crippen LogP contribution is -2.35. The van der Waals surface area contributed by atoms with Gasteiger partial charge in [0.05, 0.1) is 11.7 Å². The van der Waals surface area contributed by atoms with Gasteiger partial charge in [-0.05, 0) is 19.3 Å². The van der Waals surface area contributed by atoms with E-state index in [1.165, 1.54) is 0 Å². The van der Waals surface area contributed by atoms with Gasteiger partial charge in [-0.2, -0.15) is 0 Å². The van der Waals surface area contributed by atoms with E-state index < -0.39 is 5.60 Å². The molecular formula is C10H22O3. The molecule has 0 fully saturated rings. The summed E-state index contributed by atoms with van der Waals surface area (Å²) >= 11 is 0. The van der Waals surface area contributed by atoms with Crippen LogP contribution in [-0.4, -0.2) is 35.6 Å². The molecule has 0 aliphatic rings. The zero-order valence-corrected chi connectivity index (χ0v) is 9.08. The van der Waals surface area contributed by atoms with Crippen molar-refractivity contribution < 1.29 is 14.9 Å². The van der Waals surface area contributed by atoms with Crippen molar-refractivity contribution in [3.05, 3.63) is 0 Å². The number of hydrogen-bond acceptors (Lipinski definition) is 3. The van der Waals surface area contributed by atoms with Crippen molar-refractivity contribution >= 4 is 0 Å². The second-order valence-corrected chi connectivity index (χ2v) is 4.14. The van der Waals surface area contributed by atoms with Gasteiger partial charge in [0.25, 0.3) is 0 Å². The molecule has 0 radical (unpaired) electrons. The Labute approximate surface area is 80.7 Å². The molecule has 0 aliphatic carbocycles. The summed E-state index contributed by atoms with van der Waals surface area (Å²) in [6.07, 6.45) is 0.770. The SMILES string of the molecule is COC(C)(CCO)CC(O)C(C)C. The number of aliphatic hydroxyl groups is 2. The predicted octanol–water partition coefficient (Wildman–Crippen LogP) is 1.18. The Morgan fingerprint density at radius 3 is 2.23 bits per heavy atom. The van der Waals surface area contributed by atoms with Gasteiger partial charge in [0.2, 0.25) is 0 Å². The van der Waals surface area contributed by atoms with E-state index in [2.05, 4.69) is 0 Å². The number of methoxy groups -OCH3 is 1. The third-order valence-electron chi connectivity index (χ3n) is 2.54. The highest BCUT2D eigenvalue weighted by Gasteiger charge is 2.27. The third-order valence-corrected chi connectivity index (χ3v) is 2.54. The average molecular weight is 190 g/mol. The molecule has 0 rings (SSSR count). The number of rotatable bonds is 6. The number of hydrogen-bond donors (Lipinski definition) is 2. The summed E-state index contributed by atoms with van der Waals surface area (Å²) in [5.41, 5.74) is -0.404. The molecule has 0 amide bonds. The lowest BCUT2D eigenvalue weighted by Gasteiger charge is -2.31. The Kier molecular flexibility index (Phi) is 5.53. The Hall–Kier alpha value is -0.120. The lowest BCUT2D eigenvalue weighted by atomic mass is 9.90. The van der Waals surface area contributed by atoms with Gasteiger partial charge in [-0.3, -0.25) is 0 Å². The predicted molar refractivity (Wildman–Crippen MR) is 52.6 cm³/mol. The van der Waals surface area contributed by atoms with Gasteiger partial charge in [-0.1, -0.05) is 13.8 Å². The first-order valence-corrected chi connectivity index (χ1v) is 4.79. The highest BCUT2D eigenvalue weighted by atomic mass is 16.5. The largest absolute Gasteiger partial charge is 0.396 e. The van der Waals surface area contributed by atoms with E-state index in [1.807, 2.05) is 20.8 Å². The van der Waals surface area contributed by atoms with Crippen LogP contribution in [0.5, 0.6) is 0 Å². The fourth-order valence-electron chi connectivity index (χ4n) is 1.20. The maximum absolute atomic E-state index is 9.66. The van der Waals surface area contributed by atoms with Crippen LogP contribution in [0.3, 0.4) is 0 Å². The van der Waals surface area contributed by atoms with Crippen LogP contribution in [0.1, 0.15) is 33.6 Å². The summed E-state index contributed by atoms with van der Waals surface area (Å²) in [5, 5.41) is 18.5. The molecule has 2 unspecified atom stereocenters. The smallest absolute Gasteiger partial charge is 0.0697 e. The van der Waals surface area contributed by atoms with Gasteiger partial charge in [0, 0.05) is 20.1 Å². The quantitative estimate of drug-likeness (QED) is 0.661. The van der Waals surface area contributed by atoms with Crippen LogP contribution < -0.4 is 0 Å². The van der Waals surface area contributed by atoms with Gasteiger partial charge in [0.15, 0.2) is 0 Å². The van der Waals surface area contributed by atoms with E-state index in [4.69, 9.17) is 9.84 Å². The molecule has 0 spiro atoms. The van der Waals surface area contributed by atoms with E-state index in [9.17, 15) is 5.11 Å². The number of aliphatic hydroxyl groups excluding tert-OH is 2. The molecule has 2 atom stereocenters. The Morgan fingerprint density at radius 2 is 1.92 bits per heavy atom. The molecule has 0 aliphatic heterocycles. The van der Waals surface area contributed by atoms with E-state index in [-0.39, 0.29) is 18.6 Å². The minimum Gasteiger partial charge on any atom is -0.396 e. The summed E-state index contributed by atoms with van der Waals surface area (Å²) in [6, 6.07) is 0. The van der Waals surface area contributed by atoms with Crippen molar-refractivity contribution in [3.8, 4) is 0 Å². The van der Waals surface area contributed by atoms with Gasteiger partial charge in [-0.25, -0.2) is 0 Å². The fourth-order valence-corrected chi connectivity index (χ4v) is 1.20. The van der Waals surface area contributed by atoms with Crippen molar-refractivity contribution in [2.45, 2.75) is 45.3 Å². The minimum atomic E-state index is -0.404. The molecule has 0 heterocycles. The monoisotopic (exact) mass is 190 g/mol. The van der Waals surface area contributed by atoms with Crippen molar-refractivity contribution in [1.29, 1.82) is 0 Å². The van der Waals surface area contributed by atoms with Crippen LogP contribution in [0, 0.1) is 5.92 Å². The average Bonchev–Trinajstić information content (AvgIpc) is 2.04. The maximum Gasteiger partial charge on any atom is 0.0697 e. The standard InChI is InChI=1S/C10H22O3/c1-8(2)9(12)7-10(3,13-4)5-6-11/h8-9,11-12H,5-7H2,1-4H3. The van der Waals surface area contributed by atoms with Gasteiger partial charge in [0.1, 0.15) is 0 Å². The van der Waals surface area contributed by atoms with Crippen LogP contribution >= 0.6 is 0 Å². The second-order valence-electron chi connectivity index (χ2n) is 4.14. The van der Waals surface area contributed by atoms with E-state index in [0.717, 1.165) is 0 Å². The van der Waals surface area contributed by atoms with E-state index >= 15 is 0 Å². The first-order chi connectivity index (χ1) is 5.95. The maximum atomic E-state index is 9.66. The Morgan fingerprint density at radius 1 is 1.38 bits per heavy atom. The highest BCUT2D eigenvalue weighted by molar-refractivity contribution is 4.79. The number of ether oxygens (including phenoxy) is 1. The van der Waals surface area contributed by atoms with Gasteiger partial charge >= 0.3 is 0 Å². The Bertz CT molecular complexity index is 136. The van der Waals surface area contributed by atoms with Crippen molar-refractivity contribution in [2.75, 3.05) is 13.7 Å². The normalized spacial score (nSPS) is 18.7. The molecule has 13 heavy (non-hydrogen) atoms. The topological polar surface area (TPSA) is 49.7 Å². The van der Waals surface area contributed by atoms with Gasteiger partial charge < -0.3 is 14.9 Å². The fraction of sp³-hybridized carbons (Fsp3) is 1.00. The first-order valence-electron chi connectivity index (χ1n) is 4.79. The molecule has 0 aromatic rings. The van der Waals surface area contributed by atoms with Crippen molar-refractivity contribution in [3.63, 3.8) is 0 Å².